The van der Waals surface area contributed by atoms with Crippen LogP contribution in [0, 0.1) is 11.8 Å². The van der Waals surface area contributed by atoms with E-state index in [0.717, 1.165) is 36.4 Å². The van der Waals surface area contributed by atoms with E-state index < -0.39 is 5.60 Å². The van der Waals surface area contributed by atoms with E-state index in [1.807, 2.05) is 12.3 Å². The minimum absolute atomic E-state index is 0.193. The fraction of sp³-hybridized carbons (Fsp3) is 0.417. The summed E-state index contributed by atoms with van der Waals surface area (Å²) in [6.45, 7) is 5.64. The molecule has 0 unspecified atom stereocenters. The van der Waals surface area contributed by atoms with E-state index in [4.69, 9.17) is 10.5 Å². The summed E-state index contributed by atoms with van der Waals surface area (Å²) in [5.41, 5.74) is 7.05. The molecule has 4 heterocycles. The van der Waals surface area contributed by atoms with E-state index >= 15 is 0 Å². The molecular weight excluding hydrogens is 436 g/mol. The number of nitrogens with zero attached hydrogens (tertiary/aromatic N) is 5. The number of hydrogen-bond donors (Lipinski definition) is 2. The zero-order valence-corrected chi connectivity index (χ0v) is 19.9. The van der Waals surface area contributed by atoms with Gasteiger partial charge in [0.15, 0.2) is 11.6 Å². The van der Waals surface area contributed by atoms with E-state index in [-0.39, 0.29) is 6.61 Å². The molecule has 8 nitrogen and oxygen atoms in total. The summed E-state index contributed by atoms with van der Waals surface area (Å²) in [6.07, 6.45) is 7.36. The van der Waals surface area contributed by atoms with Crippen LogP contribution >= 0.6 is 11.3 Å². The van der Waals surface area contributed by atoms with Crippen molar-refractivity contribution in [3.63, 3.8) is 0 Å². The van der Waals surface area contributed by atoms with Crippen LogP contribution < -0.4 is 10.5 Å². The summed E-state index contributed by atoms with van der Waals surface area (Å²) in [6, 6.07) is 3.62. The molecule has 3 aromatic heterocycles. The van der Waals surface area contributed by atoms with Crippen LogP contribution in [0.5, 0.6) is 5.75 Å². The molecule has 1 aliphatic heterocycles. The highest BCUT2D eigenvalue weighted by Crippen LogP contribution is 2.36. The highest BCUT2D eigenvalue weighted by molar-refractivity contribution is 7.15. The molecule has 0 atom stereocenters. The van der Waals surface area contributed by atoms with Gasteiger partial charge in [0.05, 0.1) is 15.6 Å². The van der Waals surface area contributed by atoms with Crippen molar-refractivity contribution in [3.05, 3.63) is 47.2 Å². The van der Waals surface area contributed by atoms with Crippen molar-refractivity contribution in [2.24, 2.45) is 0 Å². The average Bonchev–Trinajstić information content (AvgIpc) is 3.28. The summed E-state index contributed by atoms with van der Waals surface area (Å²) in [5, 5.41) is 10.9. The predicted octanol–water partition coefficient (Wildman–Crippen LogP) is 3.09. The predicted molar refractivity (Wildman–Crippen MR) is 129 cm³/mol. The molecule has 0 aliphatic carbocycles. The molecule has 1 aliphatic rings. The molecule has 0 saturated carbocycles. The maximum atomic E-state index is 9.77. The highest BCUT2D eigenvalue weighted by Gasteiger charge is 2.21. The standard InChI is InChI=1S/C24H28N6O2S/c1-24(2,31)7-4-18-11-19(29-15-28-18)14-32-20-10-17(12-26-22(20)25)21-13-27-23(33-21)16-5-8-30(3)9-6-16/h10-13,15-16,31H,5-6,8-9,14H2,1-3H3,(H2,25,26). The quantitative estimate of drug-likeness (QED) is 0.554. The van der Waals surface area contributed by atoms with Crippen molar-refractivity contribution >= 4 is 17.2 Å². The van der Waals surface area contributed by atoms with Crippen LogP contribution in [0.3, 0.4) is 0 Å². The van der Waals surface area contributed by atoms with Crippen LogP contribution in [0.15, 0.2) is 30.9 Å². The molecule has 0 amide bonds. The maximum Gasteiger partial charge on any atom is 0.166 e. The van der Waals surface area contributed by atoms with E-state index in [0.29, 0.717) is 28.9 Å². The summed E-state index contributed by atoms with van der Waals surface area (Å²) in [7, 11) is 2.16. The molecule has 33 heavy (non-hydrogen) atoms. The number of aromatic nitrogens is 4. The molecule has 1 saturated heterocycles. The number of nitrogens with two attached hydrogens (primary N) is 1. The molecule has 0 bridgehead atoms. The second-order valence-electron chi connectivity index (χ2n) is 8.74. The Balaban J connectivity index is 1.46. The number of rotatable bonds is 5. The van der Waals surface area contributed by atoms with Crippen LogP contribution in [0.1, 0.15) is 49.0 Å². The van der Waals surface area contributed by atoms with Crippen molar-refractivity contribution < 1.29 is 9.84 Å². The van der Waals surface area contributed by atoms with Gasteiger partial charge in [-0.05, 0) is 64.9 Å². The first kappa shape index (κ1) is 23.1. The number of anilines is 1. The molecule has 0 spiro atoms. The van der Waals surface area contributed by atoms with Crippen molar-refractivity contribution in [2.75, 3.05) is 25.9 Å². The van der Waals surface area contributed by atoms with Gasteiger partial charge >= 0.3 is 0 Å². The van der Waals surface area contributed by atoms with E-state index in [1.165, 1.54) is 11.3 Å². The smallest absolute Gasteiger partial charge is 0.166 e. The van der Waals surface area contributed by atoms with Gasteiger partial charge in [-0.15, -0.1) is 11.3 Å². The fourth-order valence-electron chi connectivity index (χ4n) is 3.48. The third-order valence-electron chi connectivity index (χ3n) is 5.35. The first-order chi connectivity index (χ1) is 15.8. The topological polar surface area (TPSA) is 110 Å². The fourth-order valence-corrected chi connectivity index (χ4v) is 4.55. The first-order valence-electron chi connectivity index (χ1n) is 10.9. The van der Waals surface area contributed by atoms with E-state index in [1.54, 1.807) is 37.4 Å². The minimum atomic E-state index is -1.09. The lowest BCUT2D eigenvalue weighted by molar-refractivity contribution is 0.143. The van der Waals surface area contributed by atoms with Gasteiger partial charge in [-0.1, -0.05) is 5.92 Å². The number of hydrogen-bond acceptors (Lipinski definition) is 9. The highest BCUT2D eigenvalue weighted by atomic mass is 32.1. The summed E-state index contributed by atoms with van der Waals surface area (Å²) in [4.78, 5) is 20.8. The van der Waals surface area contributed by atoms with Gasteiger partial charge in [0.2, 0.25) is 0 Å². The lowest BCUT2D eigenvalue weighted by atomic mass is 9.98. The Bertz CT molecular complexity index is 1170. The second-order valence-corrected chi connectivity index (χ2v) is 9.80. The van der Waals surface area contributed by atoms with E-state index in [2.05, 4.69) is 43.7 Å². The van der Waals surface area contributed by atoms with Crippen LogP contribution in [0.25, 0.3) is 10.4 Å². The van der Waals surface area contributed by atoms with Crippen molar-refractivity contribution in [1.29, 1.82) is 0 Å². The Hall–Kier alpha value is -3.06. The summed E-state index contributed by atoms with van der Waals surface area (Å²) < 4.78 is 5.92. The van der Waals surface area contributed by atoms with Crippen LogP contribution in [-0.2, 0) is 6.61 Å². The van der Waals surface area contributed by atoms with Crippen molar-refractivity contribution in [3.8, 4) is 28.0 Å². The monoisotopic (exact) mass is 464 g/mol. The number of piperidine rings is 1. The normalized spacial score (nSPS) is 15.2. The van der Waals surface area contributed by atoms with Gasteiger partial charge in [0.1, 0.15) is 24.2 Å². The lowest BCUT2D eigenvalue weighted by Crippen LogP contribution is -2.29. The van der Waals surface area contributed by atoms with Crippen molar-refractivity contribution in [2.45, 2.75) is 44.8 Å². The van der Waals surface area contributed by atoms with Crippen LogP contribution in [0.4, 0.5) is 5.82 Å². The third-order valence-corrected chi connectivity index (χ3v) is 6.56. The SMILES string of the molecule is CN1CCC(c2ncc(-c3cnc(N)c(OCc4cc(C#CC(C)(C)O)ncn4)c3)s2)CC1. The van der Waals surface area contributed by atoms with E-state index in [9.17, 15) is 5.11 Å². The van der Waals surface area contributed by atoms with Gasteiger partial charge in [-0.25, -0.2) is 19.9 Å². The third kappa shape index (κ3) is 6.26. The average molecular weight is 465 g/mol. The molecule has 9 heteroatoms. The Morgan fingerprint density at radius 1 is 1.18 bits per heavy atom. The number of pyridine rings is 1. The van der Waals surface area contributed by atoms with Crippen LogP contribution in [0.2, 0.25) is 0 Å². The Morgan fingerprint density at radius 2 is 1.97 bits per heavy atom. The molecule has 0 radical (unpaired) electrons. The Labute approximate surface area is 197 Å². The molecule has 0 aromatic carbocycles. The number of likely N-dealkylation sites (tertiary alicyclic amines) is 1. The second kappa shape index (κ2) is 9.83. The Kier molecular flexibility index (Phi) is 6.88. The lowest BCUT2D eigenvalue weighted by Gasteiger charge is -2.27. The number of nitrogen functional groups attached to an aromatic ring is 1. The summed E-state index contributed by atoms with van der Waals surface area (Å²) in [5.74, 6) is 6.91. The summed E-state index contributed by atoms with van der Waals surface area (Å²) >= 11 is 1.71. The maximum absolute atomic E-state index is 9.77. The first-order valence-corrected chi connectivity index (χ1v) is 11.7. The number of thiazole rings is 1. The van der Waals surface area contributed by atoms with Gasteiger partial charge < -0.3 is 20.5 Å². The number of ether oxygens (including phenoxy) is 1. The largest absolute Gasteiger partial charge is 0.483 e. The molecule has 3 aromatic rings. The van der Waals surface area contributed by atoms with Crippen molar-refractivity contribution in [1.82, 2.24) is 24.8 Å². The molecule has 4 rings (SSSR count). The van der Waals surface area contributed by atoms with Gasteiger partial charge in [0.25, 0.3) is 0 Å². The molecule has 3 N–H and O–H groups in total. The minimum Gasteiger partial charge on any atom is -0.483 e. The zero-order valence-electron chi connectivity index (χ0n) is 19.1. The molecule has 1 fully saturated rings. The van der Waals surface area contributed by atoms with Crippen LogP contribution in [-0.4, -0.2) is 55.7 Å². The Morgan fingerprint density at radius 3 is 2.73 bits per heavy atom. The van der Waals surface area contributed by atoms with Gasteiger partial charge in [-0.3, -0.25) is 0 Å². The van der Waals surface area contributed by atoms with Gasteiger partial charge in [-0.2, -0.15) is 0 Å². The molecule has 172 valence electrons. The zero-order chi connectivity index (χ0) is 23.4. The van der Waals surface area contributed by atoms with Gasteiger partial charge in [0, 0.05) is 23.9 Å². The number of aliphatic hydroxyl groups is 1. The molecular formula is C24H28N6O2S.